The summed E-state index contributed by atoms with van der Waals surface area (Å²) in [5.41, 5.74) is 5.27. The van der Waals surface area contributed by atoms with Gasteiger partial charge in [-0.15, -0.1) is 11.8 Å². The zero-order valence-corrected chi connectivity index (χ0v) is 8.07. The number of rotatable bonds is 5. The highest BCUT2D eigenvalue weighted by molar-refractivity contribution is 7.99. The number of nitrogens with two attached hydrogens (primary N) is 1. The molecular formula is C8H13N3OS. The Bertz CT molecular complexity index is 232. The Hall–Kier alpha value is -0.650. The topological polar surface area (TPSA) is 72.0 Å². The molecule has 0 aliphatic heterocycles. The lowest BCUT2D eigenvalue weighted by Gasteiger charge is -2.05. The van der Waals surface area contributed by atoms with Crippen LogP contribution in [0.5, 0.6) is 0 Å². The van der Waals surface area contributed by atoms with Crippen molar-refractivity contribution in [3.63, 3.8) is 0 Å². The number of aliphatic hydroxyl groups is 1. The Morgan fingerprint density at radius 3 is 3.08 bits per heavy atom. The molecule has 1 atom stereocenters. The number of hydrogen-bond donors (Lipinski definition) is 2. The zero-order valence-electron chi connectivity index (χ0n) is 7.26. The van der Waals surface area contributed by atoms with Crippen LogP contribution in [0.1, 0.15) is 6.42 Å². The monoisotopic (exact) mass is 199 g/mol. The molecule has 0 amide bonds. The van der Waals surface area contributed by atoms with Gasteiger partial charge in [-0.05, 0) is 12.5 Å². The molecule has 0 radical (unpaired) electrons. The quantitative estimate of drug-likeness (QED) is 0.526. The van der Waals surface area contributed by atoms with Gasteiger partial charge in [0.15, 0.2) is 0 Å². The van der Waals surface area contributed by atoms with Crippen molar-refractivity contribution in [1.82, 2.24) is 9.97 Å². The van der Waals surface area contributed by atoms with Gasteiger partial charge in [-0.2, -0.15) is 0 Å². The molecule has 13 heavy (non-hydrogen) atoms. The van der Waals surface area contributed by atoms with Crippen molar-refractivity contribution < 1.29 is 5.11 Å². The van der Waals surface area contributed by atoms with Crippen LogP contribution >= 0.6 is 11.8 Å². The summed E-state index contributed by atoms with van der Waals surface area (Å²) in [6, 6.07) is 1.85. The smallest absolute Gasteiger partial charge is 0.116 e. The highest BCUT2D eigenvalue weighted by Crippen LogP contribution is 2.14. The summed E-state index contributed by atoms with van der Waals surface area (Å²) in [4.78, 5) is 7.85. The third-order valence-electron chi connectivity index (χ3n) is 1.53. The Balaban J connectivity index is 2.20. The van der Waals surface area contributed by atoms with Gasteiger partial charge in [0.05, 0.1) is 11.1 Å². The van der Waals surface area contributed by atoms with E-state index < -0.39 is 6.10 Å². The van der Waals surface area contributed by atoms with Crippen LogP contribution in [-0.2, 0) is 0 Å². The zero-order chi connectivity index (χ0) is 9.52. The van der Waals surface area contributed by atoms with E-state index in [9.17, 15) is 0 Å². The van der Waals surface area contributed by atoms with E-state index >= 15 is 0 Å². The lowest BCUT2D eigenvalue weighted by atomic mass is 10.3. The second-order valence-electron chi connectivity index (χ2n) is 2.57. The average molecular weight is 199 g/mol. The van der Waals surface area contributed by atoms with Crippen molar-refractivity contribution in [2.75, 3.05) is 12.3 Å². The van der Waals surface area contributed by atoms with E-state index in [2.05, 4.69) is 9.97 Å². The minimum Gasteiger partial charge on any atom is -0.392 e. The van der Waals surface area contributed by atoms with Crippen molar-refractivity contribution in [3.05, 3.63) is 18.6 Å². The van der Waals surface area contributed by atoms with Crippen molar-refractivity contribution in [2.45, 2.75) is 17.6 Å². The Labute approximate surface area is 81.6 Å². The van der Waals surface area contributed by atoms with E-state index in [0.717, 1.165) is 10.8 Å². The first-order valence-corrected chi connectivity index (χ1v) is 5.08. The van der Waals surface area contributed by atoms with Crippen LogP contribution in [0.25, 0.3) is 0 Å². The molecule has 0 saturated heterocycles. The molecule has 3 N–H and O–H groups in total. The molecule has 0 saturated carbocycles. The molecule has 1 rings (SSSR count). The van der Waals surface area contributed by atoms with Gasteiger partial charge in [0.2, 0.25) is 0 Å². The van der Waals surface area contributed by atoms with Crippen LogP contribution in [0.2, 0.25) is 0 Å². The Morgan fingerprint density at radius 2 is 2.46 bits per heavy atom. The summed E-state index contributed by atoms with van der Waals surface area (Å²) < 4.78 is 0. The molecule has 1 unspecified atom stereocenters. The number of hydrogen-bond acceptors (Lipinski definition) is 5. The van der Waals surface area contributed by atoms with E-state index in [-0.39, 0.29) is 0 Å². The standard InChI is InChI=1S/C8H13N3OS/c9-5-7(12)2-4-13-8-1-3-10-6-11-8/h1,3,6-7,12H,2,4-5,9H2. The lowest BCUT2D eigenvalue weighted by Crippen LogP contribution is -2.20. The number of aliphatic hydroxyl groups excluding tert-OH is 1. The van der Waals surface area contributed by atoms with E-state index in [1.807, 2.05) is 6.07 Å². The Morgan fingerprint density at radius 1 is 1.62 bits per heavy atom. The molecule has 0 aromatic carbocycles. The van der Waals surface area contributed by atoms with Crippen LogP contribution in [0.15, 0.2) is 23.6 Å². The third kappa shape index (κ3) is 4.21. The molecule has 1 aromatic rings. The van der Waals surface area contributed by atoms with Crippen LogP contribution in [0.4, 0.5) is 0 Å². The van der Waals surface area contributed by atoms with Crippen LogP contribution in [0, 0.1) is 0 Å². The summed E-state index contributed by atoms with van der Waals surface area (Å²) in [6.45, 7) is 0.324. The molecule has 72 valence electrons. The van der Waals surface area contributed by atoms with Gasteiger partial charge in [0.25, 0.3) is 0 Å². The second-order valence-corrected chi connectivity index (χ2v) is 3.69. The van der Waals surface area contributed by atoms with E-state index in [0.29, 0.717) is 13.0 Å². The molecule has 5 heteroatoms. The summed E-state index contributed by atoms with van der Waals surface area (Å²) in [5, 5.41) is 10.1. The first-order chi connectivity index (χ1) is 6.33. The maximum atomic E-state index is 9.16. The minimum atomic E-state index is -0.394. The van der Waals surface area contributed by atoms with Crippen molar-refractivity contribution in [3.8, 4) is 0 Å². The summed E-state index contributed by atoms with van der Waals surface area (Å²) in [7, 11) is 0. The number of nitrogens with zero attached hydrogens (tertiary/aromatic N) is 2. The van der Waals surface area contributed by atoms with Crippen molar-refractivity contribution in [2.24, 2.45) is 5.73 Å². The van der Waals surface area contributed by atoms with E-state index in [4.69, 9.17) is 10.8 Å². The Kier molecular flexibility index (Phi) is 4.74. The normalized spacial score (nSPS) is 12.8. The number of aromatic nitrogens is 2. The van der Waals surface area contributed by atoms with E-state index in [1.165, 1.54) is 6.33 Å². The maximum absolute atomic E-state index is 9.16. The summed E-state index contributed by atoms with van der Waals surface area (Å²) in [6.07, 6.45) is 3.52. The minimum absolute atomic E-state index is 0.324. The summed E-state index contributed by atoms with van der Waals surface area (Å²) in [5.74, 6) is 0.829. The van der Waals surface area contributed by atoms with Gasteiger partial charge in [-0.25, -0.2) is 9.97 Å². The van der Waals surface area contributed by atoms with Crippen molar-refractivity contribution >= 4 is 11.8 Å². The van der Waals surface area contributed by atoms with Crippen molar-refractivity contribution in [1.29, 1.82) is 0 Å². The van der Waals surface area contributed by atoms with Gasteiger partial charge in [0, 0.05) is 18.5 Å². The molecule has 0 bridgehead atoms. The molecule has 0 aliphatic carbocycles. The molecule has 0 fully saturated rings. The van der Waals surface area contributed by atoms with Crippen LogP contribution in [-0.4, -0.2) is 33.5 Å². The second kappa shape index (κ2) is 5.90. The first kappa shape index (κ1) is 10.4. The van der Waals surface area contributed by atoms with Gasteiger partial charge >= 0.3 is 0 Å². The average Bonchev–Trinajstić information content (AvgIpc) is 2.19. The molecule has 1 heterocycles. The lowest BCUT2D eigenvalue weighted by molar-refractivity contribution is 0.180. The molecule has 0 aliphatic rings. The van der Waals surface area contributed by atoms with E-state index in [1.54, 1.807) is 18.0 Å². The first-order valence-electron chi connectivity index (χ1n) is 4.10. The predicted octanol–water partition coefficient (Wildman–Crippen LogP) is 0.278. The molecule has 1 aromatic heterocycles. The molecule has 0 spiro atoms. The van der Waals surface area contributed by atoms with Gasteiger partial charge < -0.3 is 10.8 Å². The van der Waals surface area contributed by atoms with Gasteiger partial charge in [-0.1, -0.05) is 0 Å². The maximum Gasteiger partial charge on any atom is 0.116 e. The highest BCUT2D eigenvalue weighted by Gasteiger charge is 2.01. The van der Waals surface area contributed by atoms with Gasteiger partial charge in [0.1, 0.15) is 6.33 Å². The fourth-order valence-corrected chi connectivity index (χ4v) is 1.66. The van der Waals surface area contributed by atoms with Crippen LogP contribution in [0.3, 0.4) is 0 Å². The largest absolute Gasteiger partial charge is 0.392 e. The SMILES string of the molecule is NCC(O)CCSc1ccncn1. The molecular weight excluding hydrogens is 186 g/mol. The predicted molar refractivity (Wildman–Crippen MR) is 52.4 cm³/mol. The fourth-order valence-electron chi connectivity index (χ4n) is 0.781. The third-order valence-corrected chi connectivity index (χ3v) is 2.51. The van der Waals surface area contributed by atoms with Crippen LogP contribution < -0.4 is 5.73 Å². The highest BCUT2D eigenvalue weighted by atomic mass is 32.2. The van der Waals surface area contributed by atoms with Gasteiger partial charge in [-0.3, -0.25) is 0 Å². The number of thioether (sulfide) groups is 1. The summed E-state index contributed by atoms with van der Waals surface area (Å²) >= 11 is 1.60. The fraction of sp³-hybridized carbons (Fsp3) is 0.500. The molecule has 4 nitrogen and oxygen atoms in total.